The summed E-state index contributed by atoms with van der Waals surface area (Å²) < 4.78 is 1.97. The van der Waals surface area contributed by atoms with Crippen LogP contribution in [0.4, 0.5) is 5.82 Å². The number of aryl methyl sites for hydroxylation is 1. The van der Waals surface area contributed by atoms with E-state index in [-0.39, 0.29) is 6.04 Å². The van der Waals surface area contributed by atoms with Crippen molar-refractivity contribution in [3.8, 4) is 5.69 Å². The molecule has 3 aromatic carbocycles. The normalized spacial score (nSPS) is 15.7. The number of nitrogens with zero attached hydrogens (tertiary/aromatic N) is 4. The Balaban J connectivity index is 1.78. The topological polar surface area (TPSA) is 33.4 Å². The Morgan fingerprint density at radius 3 is 2.00 bits per heavy atom. The second-order valence-electron chi connectivity index (χ2n) is 7.30. The molecule has 4 heteroatoms. The van der Waals surface area contributed by atoms with Crippen LogP contribution in [-0.4, -0.2) is 27.6 Å². The molecule has 0 saturated heterocycles. The summed E-state index contributed by atoms with van der Waals surface area (Å²) in [5.74, 6) is 1.85. The Morgan fingerprint density at radius 1 is 0.759 bits per heavy atom. The summed E-state index contributed by atoms with van der Waals surface area (Å²) >= 11 is 0. The molecule has 1 aliphatic rings. The minimum absolute atomic E-state index is 0.0522. The van der Waals surface area contributed by atoms with E-state index >= 15 is 0 Å². The Labute approximate surface area is 170 Å². The van der Waals surface area contributed by atoms with Crippen molar-refractivity contribution in [1.82, 2.24) is 14.7 Å². The van der Waals surface area contributed by atoms with E-state index in [4.69, 9.17) is 10.1 Å². The smallest absolute Gasteiger partial charge is 0.163 e. The molecule has 142 valence electrons. The zero-order valence-corrected chi connectivity index (χ0v) is 16.5. The average molecular weight is 378 g/mol. The fourth-order valence-corrected chi connectivity index (χ4v) is 4.08. The molecule has 0 fully saturated rings. The molecule has 0 spiro atoms. The number of fused-ring (bicyclic) bond motifs is 1. The first-order chi connectivity index (χ1) is 14.2. The molecule has 0 saturated carbocycles. The highest BCUT2D eigenvalue weighted by Crippen LogP contribution is 2.42. The highest BCUT2D eigenvalue weighted by atomic mass is 15.4. The summed E-state index contributed by atoms with van der Waals surface area (Å²) in [6, 6.07) is 31.2. The molecule has 0 bridgehead atoms. The van der Waals surface area contributed by atoms with Gasteiger partial charge in [0.25, 0.3) is 0 Å². The Kier molecular flexibility index (Phi) is 4.24. The Bertz CT molecular complexity index is 1160. The quantitative estimate of drug-likeness (QED) is 0.485. The molecule has 1 atom stereocenters. The van der Waals surface area contributed by atoms with Crippen LogP contribution in [0.25, 0.3) is 5.69 Å². The van der Waals surface area contributed by atoms with Crippen LogP contribution in [0.1, 0.15) is 28.4 Å². The molecule has 0 aliphatic carbocycles. The van der Waals surface area contributed by atoms with Gasteiger partial charge in [0.1, 0.15) is 5.84 Å². The number of aromatic nitrogens is 2. The van der Waals surface area contributed by atoms with Gasteiger partial charge in [0.15, 0.2) is 5.82 Å². The predicted molar refractivity (Wildman–Crippen MR) is 117 cm³/mol. The van der Waals surface area contributed by atoms with Crippen LogP contribution in [0, 0.1) is 6.92 Å². The highest BCUT2D eigenvalue weighted by Gasteiger charge is 2.34. The first-order valence-electron chi connectivity index (χ1n) is 9.81. The molecule has 2 heterocycles. The number of benzene rings is 3. The molecule has 0 N–H and O–H groups in total. The zero-order chi connectivity index (χ0) is 19.8. The van der Waals surface area contributed by atoms with E-state index in [9.17, 15) is 0 Å². The highest BCUT2D eigenvalue weighted by molar-refractivity contribution is 6.02. The number of amidine groups is 1. The van der Waals surface area contributed by atoms with E-state index < -0.39 is 0 Å². The van der Waals surface area contributed by atoms with Crippen molar-refractivity contribution in [1.29, 1.82) is 0 Å². The first kappa shape index (κ1) is 17.4. The maximum absolute atomic E-state index is 5.11. The molecule has 1 aliphatic heterocycles. The SMILES string of the molecule is Cc1nn(-c2ccccc2)c2c1C(c1ccccc1)N(C)C(c1ccccc1)=N2. The average Bonchev–Trinajstić information content (AvgIpc) is 3.11. The van der Waals surface area contributed by atoms with Crippen molar-refractivity contribution >= 4 is 11.7 Å². The van der Waals surface area contributed by atoms with Crippen molar-refractivity contribution in [2.24, 2.45) is 4.99 Å². The van der Waals surface area contributed by atoms with E-state index in [1.807, 2.05) is 28.9 Å². The minimum atomic E-state index is 0.0522. The van der Waals surface area contributed by atoms with Crippen LogP contribution >= 0.6 is 0 Å². The van der Waals surface area contributed by atoms with Crippen LogP contribution in [0.5, 0.6) is 0 Å². The molecule has 1 unspecified atom stereocenters. The molecule has 4 nitrogen and oxygen atoms in total. The van der Waals surface area contributed by atoms with E-state index in [0.717, 1.165) is 34.2 Å². The van der Waals surface area contributed by atoms with Gasteiger partial charge in [-0.05, 0) is 24.6 Å². The zero-order valence-electron chi connectivity index (χ0n) is 16.5. The summed E-state index contributed by atoms with van der Waals surface area (Å²) in [7, 11) is 2.12. The van der Waals surface area contributed by atoms with Crippen LogP contribution in [-0.2, 0) is 0 Å². The maximum atomic E-state index is 5.11. The van der Waals surface area contributed by atoms with Crippen LogP contribution in [0.3, 0.4) is 0 Å². The third-order valence-electron chi connectivity index (χ3n) is 5.44. The van der Waals surface area contributed by atoms with E-state index in [2.05, 4.69) is 85.6 Å². The van der Waals surface area contributed by atoms with Gasteiger partial charge in [-0.15, -0.1) is 0 Å². The molecular weight excluding hydrogens is 356 g/mol. The lowest BCUT2D eigenvalue weighted by molar-refractivity contribution is 0.420. The molecule has 4 aromatic rings. The Hall–Kier alpha value is -3.66. The van der Waals surface area contributed by atoms with Crippen molar-refractivity contribution in [2.75, 3.05) is 7.05 Å². The van der Waals surface area contributed by atoms with Crippen molar-refractivity contribution < 1.29 is 0 Å². The molecule has 0 radical (unpaired) electrons. The number of hydrogen-bond donors (Lipinski definition) is 0. The first-order valence-corrected chi connectivity index (χ1v) is 9.81. The largest absolute Gasteiger partial charge is 0.348 e. The van der Waals surface area contributed by atoms with Crippen LogP contribution < -0.4 is 0 Å². The van der Waals surface area contributed by atoms with Crippen LogP contribution in [0.15, 0.2) is 96.0 Å². The lowest BCUT2D eigenvalue weighted by Gasteiger charge is -2.35. The molecule has 0 amide bonds. The molecule has 1 aromatic heterocycles. The summed E-state index contributed by atoms with van der Waals surface area (Å²) in [5.41, 5.74) is 5.50. The van der Waals surface area contributed by atoms with Gasteiger partial charge in [-0.1, -0.05) is 78.9 Å². The number of rotatable bonds is 3. The summed E-state index contributed by atoms with van der Waals surface area (Å²) in [6.45, 7) is 2.07. The van der Waals surface area contributed by atoms with Gasteiger partial charge in [0, 0.05) is 18.2 Å². The van der Waals surface area contributed by atoms with Gasteiger partial charge in [0.05, 0.1) is 17.4 Å². The lowest BCUT2D eigenvalue weighted by Crippen LogP contribution is -2.35. The maximum Gasteiger partial charge on any atom is 0.163 e. The third-order valence-corrected chi connectivity index (χ3v) is 5.44. The van der Waals surface area contributed by atoms with E-state index in [1.54, 1.807) is 0 Å². The summed E-state index contributed by atoms with van der Waals surface area (Å²) in [5, 5.41) is 4.88. The van der Waals surface area contributed by atoms with Gasteiger partial charge in [-0.2, -0.15) is 5.10 Å². The minimum Gasteiger partial charge on any atom is -0.348 e. The van der Waals surface area contributed by atoms with Gasteiger partial charge < -0.3 is 4.90 Å². The third kappa shape index (κ3) is 2.93. The van der Waals surface area contributed by atoms with Crippen molar-refractivity contribution in [3.63, 3.8) is 0 Å². The van der Waals surface area contributed by atoms with Crippen LogP contribution in [0.2, 0.25) is 0 Å². The summed E-state index contributed by atoms with van der Waals surface area (Å²) in [4.78, 5) is 7.37. The fourth-order valence-electron chi connectivity index (χ4n) is 4.08. The van der Waals surface area contributed by atoms with E-state index in [0.29, 0.717) is 0 Å². The van der Waals surface area contributed by atoms with Crippen molar-refractivity contribution in [2.45, 2.75) is 13.0 Å². The standard InChI is InChI=1S/C25H22N4/c1-18-22-23(19-12-6-3-7-13-19)28(2)24(20-14-8-4-9-15-20)26-25(22)29(27-18)21-16-10-5-11-17-21/h3-17,23H,1-2H3. The van der Waals surface area contributed by atoms with Gasteiger partial charge in [-0.25, -0.2) is 9.67 Å². The number of aliphatic imine (C=N–C) groups is 1. The van der Waals surface area contributed by atoms with Gasteiger partial charge in [-0.3, -0.25) is 0 Å². The molecule has 29 heavy (non-hydrogen) atoms. The molecular formula is C25H22N4. The monoisotopic (exact) mass is 378 g/mol. The van der Waals surface area contributed by atoms with Gasteiger partial charge >= 0.3 is 0 Å². The second kappa shape index (κ2) is 7.06. The van der Waals surface area contributed by atoms with Crippen molar-refractivity contribution in [3.05, 3.63) is 113 Å². The summed E-state index contributed by atoms with van der Waals surface area (Å²) in [6.07, 6.45) is 0. The lowest BCUT2D eigenvalue weighted by atomic mass is 9.94. The Morgan fingerprint density at radius 2 is 1.34 bits per heavy atom. The molecule has 5 rings (SSSR count). The fraction of sp³-hybridized carbons (Fsp3) is 0.120. The predicted octanol–water partition coefficient (Wildman–Crippen LogP) is 5.29. The van der Waals surface area contributed by atoms with E-state index in [1.165, 1.54) is 5.56 Å². The number of para-hydroxylation sites is 1. The van der Waals surface area contributed by atoms with Gasteiger partial charge in [0.2, 0.25) is 0 Å². The second-order valence-corrected chi connectivity index (χ2v) is 7.30. The number of hydrogen-bond acceptors (Lipinski definition) is 3.